The normalized spacial score (nSPS) is 12.6. The van der Waals surface area contributed by atoms with Gasteiger partial charge in [-0.25, -0.2) is 16.8 Å². The van der Waals surface area contributed by atoms with Crippen LogP contribution in [0.1, 0.15) is 6.92 Å². The van der Waals surface area contributed by atoms with Crippen LogP contribution in [0.5, 0.6) is 0 Å². The summed E-state index contributed by atoms with van der Waals surface area (Å²) in [7, 11) is -7.61. The van der Waals surface area contributed by atoms with Gasteiger partial charge in [-0.15, -0.1) is 0 Å². The molecule has 18 heavy (non-hydrogen) atoms. The molecule has 0 bridgehead atoms. The molecule has 0 spiro atoms. The van der Waals surface area contributed by atoms with E-state index in [2.05, 4.69) is 15.0 Å². The molecule has 0 atom stereocenters. The van der Waals surface area contributed by atoms with Crippen molar-refractivity contribution in [3.8, 4) is 0 Å². The maximum Gasteiger partial charge on any atom is 0.271 e. The molecule has 0 saturated carbocycles. The third kappa shape index (κ3) is 3.43. The zero-order valence-corrected chi connectivity index (χ0v) is 11.8. The molecular weight excluding hydrogens is 284 g/mol. The molecular formula is C8H14N2O6S2. The Kier molecular flexibility index (Phi) is 4.35. The number of aromatic nitrogens is 1. The zero-order valence-electron chi connectivity index (χ0n) is 10.1. The highest BCUT2D eigenvalue weighted by Gasteiger charge is 2.30. The fourth-order valence-corrected chi connectivity index (χ4v) is 3.48. The summed E-state index contributed by atoms with van der Waals surface area (Å²) in [6.07, 6.45) is 1.72. The second kappa shape index (κ2) is 5.24. The van der Waals surface area contributed by atoms with Gasteiger partial charge in [-0.05, 0) is 6.92 Å². The molecule has 8 nitrogen and oxygen atoms in total. The summed E-state index contributed by atoms with van der Waals surface area (Å²) in [5, 5.41) is 5.26. The number of hydrogen-bond acceptors (Lipinski definition) is 8. The van der Waals surface area contributed by atoms with Crippen molar-refractivity contribution in [1.29, 1.82) is 0 Å². The van der Waals surface area contributed by atoms with Crippen molar-refractivity contribution in [2.75, 3.05) is 31.2 Å². The van der Waals surface area contributed by atoms with Gasteiger partial charge >= 0.3 is 0 Å². The average molecular weight is 298 g/mol. The molecule has 10 heteroatoms. The molecule has 1 aromatic heterocycles. The van der Waals surface area contributed by atoms with E-state index in [1.54, 1.807) is 6.92 Å². The summed E-state index contributed by atoms with van der Waals surface area (Å²) in [5.74, 6) is -0.175. The largest absolute Gasteiger partial charge is 0.362 e. The molecule has 0 aromatic carbocycles. The van der Waals surface area contributed by atoms with Crippen molar-refractivity contribution in [2.45, 2.75) is 16.9 Å². The maximum absolute atomic E-state index is 11.6. The quantitative estimate of drug-likeness (QED) is 0.571. The second-order valence-electron chi connectivity index (χ2n) is 3.51. The lowest BCUT2D eigenvalue weighted by Crippen LogP contribution is -2.11. The Morgan fingerprint density at radius 3 is 2.28 bits per heavy atom. The Labute approximate surface area is 105 Å². The molecule has 0 aliphatic carbocycles. The number of anilines is 1. The molecule has 0 amide bonds. The molecule has 1 rings (SSSR count). The predicted molar refractivity (Wildman–Crippen MR) is 62.8 cm³/mol. The van der Waals surface area contributed by atoms with Crippen molar-refractivity contribution in [2.24, 2.45) is 0 Å². The first-order valence-corrected chi connectivity index (χ1v) is 8.67. The lowest BCUT2D eigenvalue weighted by Gasteiger charge is -2.04. The Balaban J connectivity index is 3.26. The van der Waals surface area contributed by atoms with Gasteiger partial charge < -0.3 is 14.6 Å². The van der Waals surface area contributed by atoms with E-state index >= 15 is 0 Å². The third-order valence-electron chi connectivity index (χ3n) is 1.87. The van der Waals surface area contributed by atoms with Gasteiger partial charge in [0.15, 0.2) is 20.6 Å². The summed E-state index contributed by atoms with van der Waals surface area (Å²) in [5.41, 5.74) is 0. The van der Waals surface area contributed by atoms with E-state index in [-0.39, 0.29) is 12.5 Å². The number of nitrogens with zero attached hydrogens (tertiary/aromatic N) is 1. The molecule has 0 aliphatic heterocycles. The standard InChI is InChI=1S/C8H14N2O6S2/c1-4-15-5-9-7-6(17(2,11)12)8(16-10-7)18(3,13)14/h4-5H2,1-3H3,(H,9,10). The molecule has 0 radical (unpaired) electrons. The van der Waals surface area contributed by atoms with Crippen molar-refractivity contribution in [3.05, 3.63) is 0 Å². The summed E-state index contributed by atoms with van der Waals surface area (Å²) in [6.45, 7) is 2.16. The molecule has 0 fully saturated rings. The Morgan fingerprint density at radius 1 is 1.22 bits per heavy atom. The zero-order chi connectivity index (χ0) is 14.0. The smallest absolute Gasteiger partial charge is 0.271 e. The number of nitrogens with one attached hydrogen (secondary N) is 1. The molecule has 0 aliphatic rings. The van der Waals surface area contributed by atoms with Crippen LogP contribution in [-0.2, 0) is 24.4 Å². The van der Waals surface area contributed by atoms with E-state index in [0.717, 1.165) is 12.5 Å². The Morgan fingerprint density at radius 2 is 1.83 bits per heavy atom. The number of hydrogen-bond donors (Lipinski definition) is 1. The Hall–Kier alpha value is -1.13. The van der Waals surface area contributed by atoms with Crippen LogP contribution in [0, 0.1) is 0 Å². The van der Waals surface area contributed by atoms with Crippen molar-refractivity contribution in [3.63, 3.8) is 0 Å². The van der Waals surface area contributed by atoms with E-state index < -0.39 is 29.7 Å². The van der Waals surface area contributed by atoms with Crippen molar-refractivity contribution >= 4 is 25.5 Å². The third-order valence-corrected chi connectivity index (χ3v) is 4.08. The first-order valence-electron chi connectivity index (χ1n) is 4.89. The summed E-state index contributed by atoms with van der Waals surface area (Å²) in [4.78, 5) is -0.482. The SMILES string of the molecule is CCOCNc1noc(S(C)(=O)=O)c1S(C)(=O)=O. The molecule has 1 aromatic rings. The van der Waals surface area contributed by atoms with Gasteiger partial charge in [-0.2, -0.15) is 0 Å². The highest BCUT2D eigenvalue weighted by molar-refractivity contribution is 7.93. The maximum atomic E-state index is 11.6. The van der Waals surface area contributed by atoms with Gasteiger partial charge in [0, 0.05) is 19.1 Å². The molecule has 1 N–H and O–H groups in total. The second-order valence-corrected chi connectivity index (χ2v) is 7.37. The Bertz CT molecular complexity index is 616. The van der Waals surface area contributed by atoms with Crippen LogP contribution in [0.15, 0.2) is 14.5 Å². The average Bonchev–Trinajstić information content (AvgIpc) is 2.60. The molecule has 0 saturated heterocycles. The van der Waals surface area contributed by atoms with Gasteiger partial charge in [-0.3, -0.25) is 0 Å². The minimum Gasteiger partial charge on any atom is -0.362 e. The van der Waals surface area contributed by atoms with Gasteiger partial charge in [-0.1, -0.05) is 5.16 Å². The van der Waals surface area contributed by atoms with Gasteiger partial charge in [0.25, 0.3) is 5.09 Å². The predicted octanol–water partition coefficient (Wildman–Crippen LogP) is -0.112. The lowest BCUT2D eigenvalue weighted by molar-refractivity contribution is 0.166. The fourth-order valence-electron chi connectivity index (χ4n) is 1.16. The first-order chi connectivity index (χ1) is 8.18. The number of rotatable bonds is 6. The van der Waals surface area contributed by atoms with Crippen LogP contribution >= 0.6 is 0 Å². The van der Waals surface area contributed by atoms with E-state index in [9.17, 15) is 16.8 Å². The number of ether oxygens (including phenoxy) is 1. The fraction of sp³-hybridized carbons (Fsp3) is 0.625. The summed E-state index contributed by atoms with van der Waals surface area (Å²) in [6, 6.07) is 0. The van der Waals surface area contributed by atoms with Crippen LogP contribution in [0.25, 0.3) is 0 Å². The van der Waals surface area contributed by atoms with Gasteiger partial charge in [0.1, 0.15) is 6.73 Å². The van der Waals surface area contributed by atoms with Crippen LogP contribution in [0.4, 0.5) is 5.82 Å². The minimum absolute atomic E-state index is 0.00520. The van der Waals surface area contributed by atoms with E-state index in [1.165, 1.54) is 0 Å². The number of sulfone groups is 2. The van der Waals surface area contributed by atoms with Crippen LogP contribution < -0.4 is 5.32 Å². The highest BCUT2D eigenvalue weighted by atomic mass is 32.2. The molecule has 104 valence electrons. The summed E-state index contributed by atoms with van der Waals surface area (Å²) >= 11 is 0. The van der Waals surface area contributed by atoms with E-state index in [1.807, 2.05) is 0 Å². The first kappa shape index (κ1) is 14.9. The van der Waals surface area contributed by atoms with Crippen molar-refractivity contribution < 1.29 is 26.1 Å². The van der Waals surface area contributed by atoms with Crippen LogP contribution in [0.2, 0.25) is 0 Å². The molecule has 1 heterocycles. The minimum atomic E-state index is -3.82. The van der Waals surface area contributed by atoms with E-state index in [0.29, 0.717) is 6.61 Å². The topological polar surface area (TPSA) is 116 Å². The lowest BCUT2D eigenvalue weighted by atomic mass is 10.6. The summed E-state index contributed by atoms with van der Waals surface area (Å²) < 4.78 is 55.5. The van der Waals surface area contributed by atoms with Crippen LogP contribution in [0.3, 0.4) is 0 Å². The van der Waals surface area contributed by atoms with Crippen molar-refractivity contribution in [1.82, 2.24) is 5.16 Å². The molecule has 0 unspecified atom stereocenters. The van der Waals surface area contributed by atoms with Crippen LogP contribution in [-0.4, -0.2) is 47.8 Å². The monoisotopic (exact) mass is 298 g/mol. The highest BCUT2D eigenvalue weighted by Crippen LogP contribution is 2.28. The van der Waals surface area contributed by atoms with E-state index in [4.69, 9.17) is 4.74 Å². The van der Waals surface area contributed by atoms with Gasteiger partial charge in [0.05, 0.1) is 0 Å². The van der Waals surface area contributed by atoms with Gasteiger partial charge in [0.2, 0.25) is 9.84 Å².